The average molecular weight is 457 g/mol. The summed E-state index contributed by atoms with van der Waals surface area (Å²) < 4.78 is 34.6. The third-order valence-electron chi connectivity index (χ3n) is 8.79. The van der Waals surface area contributed by atoms with Gasteiger partial charge in [0, 0.05) is 5.39 Å². The summed E-state index contributed by atoms with van der Waals surface area (Å²) in [4.78, 5) is 0. The Morgan fingerprint density at radius 1 is 0.788 bits per heavy atom. The SMILES string of the molecule is CCCCCC1CCC(C2CCC(CCc3cc4ccc(OC)cc4c(F)c3F)CC2)CC1. The normalized spacial score (nSPS) is 25.9. The quantitative estimate of drug-likeness (QED) is 0.342. The number of unbranched alkanes of at least 4 members (excludes halogenated alkanes) is 2. The lowest BCUT2D eigenvalue weighted by Crippen LogP contribution is -2.26. The van der Waals surface area contributed by atoms with Crippen molar-refractivity contribution in [2.24, 2.45) is 23.7 Å². The first-order valence-corrected chi connectivity index (χ1v) is 13.5. The van der Waals surface area contributed by atoms with E-state index in [9.17, 15) is 8.78 Å². The maximum Gasteiger partial charge on any atom is 0.167 e. The van der Waals surface area contributed by atoms with Gasteiger partial charge in [0.2, 0.25) is 0 Å². The van der Waals surface area contributed by atoms with Crippen LogP contribution in [0.4, 0.5) is 8.78 Å². The highest BCUT2D eigenvalue weighted by Crippen LogP contribution is 2.43. The Bertz CT molecular complexity index is 892. The Hall–Kier alpha value is -1.64. The Labute approximate surface area is 199 Å². The summed E-state index contributed by atoms with van der Waals surface area (Å²) >= 11 is 0. The molecule has 2 aromatic rings. The average Bonchev–Trinajstić information content (AvgIpc) is 2.86. The molecular weight excluding hydrogens is 414 g/mol. The van der Waals surface area contributed by atoms with Crippen LogP contribution in [0.15, 0.2) is 24.3 Å². The molecule has 4 rings (SSSR count). The summed E-state index contributed by atoms with van der Waals surface area (Å²) in [5.74, 6) is 2.62. The molecule has 1 nitrogen and oxygen atoms in total. The number of hydrogen-bond acceptors (Lipinski definition) is 1. The van der Waals surface area contributed by atoms with Crippen molar-refractivity contribution in [3.8, 4) is 5.75 Å². The van der Waals surface area contributed by atoms with Crippen molar-refractivity contribution in [3.63, 3.8) is 0 Å². The monoisotopic (exact) mass is 456 g/mol. The lowest BCUT2D eigenvalue weighted by atomic mass is 9.68. The van der Waals surface area contributed by atoms with Gasteiger partial charge in [0.1, 0.15) is 5.75 Å². The molecule has 0 radical (unpaired) electrons. The van der Waals surface area contributed by atoms with Crippen LogP contribution in [-0.2, 0) is 6.42 Å². The van der Waals surface area contributed by atoms with E-state index < -0.39 is 11.6 Å². The molecule has 2 fully saturated rings. The van der Waals surface area contributed by atoms with Crippen LogP contribution in [0.25, 0.3) is 10.8 Å². The van der Waals surface area contributed by atoms with Crippen molar-refractivity contribution in [2.75, 3.05) is 7.11 Å². The lowest BCUT2D eigenvalue weighted by Gasteiger charge is -2.38. The zero-order valence-electron chi connectivity index (χ0n) is 20.7. The minimum absolute atomic E-state index is 0.302. The second-order valence-electron chi connectivity index (χ2n) is 10.8. The van der Waals surface area contributed by atoms with E-state index in [1.54, 1.807) is 6.07 Å². The predicted octanol–water partition coefficient (Wildman–Crippen LogP) is 9.25. The summed E-state index contributed by atoms with van der Waals surface area (Å²) in [5.41, 5.74) is 0.522. The zero-order valence-corrected chi connectivity index (χ0v) is 20.7. The van der Waals surface area contributed by atoms with Crippen molar-refractivity contribution in [2.45, 2.75) is 96.8 Å². The molecule has 0 spiro atoms. The maximum atomic E-state index is 14.7. The van der Waals surface area contributed by atoms with Crippen molar-refractivity contribution >= 4 is 10.8 Å². The van der Waals surface area contributed by atoms with Gasteiger partial charge in [-0.15, -0.1) is 0 Å². The van der Waals surface area contributed by atoms with Crippen LogP contribution >= 0.6 is 0 Å². The number of aryl methyl sites for hydroxylation is 1. The summed E-state index contributed by atoms with van der Waals surface area (Å²) in [7, 11) is 1.54. The number of benzene rings is 2. The molecule has 3 heteroatoms. The fourth-order valence-electron chi connectivity index (χ4n) is 6.61. The fourth-order valence-corrected chi connectivity index (χ4v) is 6.61. The molecule has 0 N–H and O–H groups in total. The molecule has 0 aliphatic heterocycles. The molecule has 182 valence electrons. The third kappa shape index (κ3) is 6.08. The molecule has 0 bridgehead atoms. The Balaban J connectivity index is 1.25. The Morgan fingerprint density at radius 2 is 1.42 bits per heavy atom. The molecule has 2 aliphatic rings. The van der Waals surface area contributed by atoms with Crippen LogP contribution in [0.2, 0.25) is 0 Å². The van der Waals surface area contributed by atoms with Gasteiger partial charge in [-0.3, -0.25) is 0 Å². The molecule has 33 heavy (non-hydrogen) atoms. The van der Waals surface area contributed by atoms with Gasteiger partial charge in [0.15, 0.2) is 11.6 Å². The second-order valence-corrected chi connectivity index (χ2v) is 10.8. The van der Waals surface area contributed by atoms with Gasteiger partial charge in [-0.2, -0.15) is 0 Å². The van der Waals surface area contributed by atoms with Crippen LogP contribution in [0.5, 0.6) is 5.75 Å². The van der Waals surface area contributed by atoms with Crippen molar-refractivity contribution in [3.05, 3.63) is 41.5 Å². The fraction of sp³-hybridized carbons (Fsp3) is 0.667. The van der Waals surface area contributed by atoms with E-state index >= 15 is 0 Å². The van der Waals surface area contributed by atoms with Crippen LogP contribution < -0.4 is 4.74 Å². The molecule has 2 saturated carbocycles. The van der Waals surface area contributed by atoms with Gasteiger partial charge in [0.25, 0.3) is 0 Å². The van der Waals surface area contributed by atoms with E-state index in [1.165, 1.54) is 84.2 Å². The summed E-state index contributed by atoms with van der Waals surface area (Å²) in [6.45, 7) is 2.29. The first kappa shape index (κ1) is 24.5. The number of ether oxygens (including phenoxy) is 1. The highest BCUT2D eigenvalue weighted by Gasteiger charge is 2.30. The summed E-state index contributed by atoms with van der Waals surface area (Å²) in [6, 6.07) is 7.04. The Kier molecular flexibility index (Phi) is 8.66. The van der Waals surface area contributed by atoms with Gasteiger partial charge in [-0.05, 0) is 91.3 Å². The molecule has 0 aromatic heterocycles. The summed E-state index contributed by atoms with van der Waals surface area (Å²) in [6.07, 6.45) is 18.2. The smallest absolute Gasteiger partial charge is 0.167 e. The zero-order chi connectivity index (χ0) is 23.2. The van der Waals surface area contributed by atoms with E-state index in [-0.39, 0.29) is 0 Å². The Morgan fingerprint density at radius 3 is 2.03 bits per heavy atom. The van der Waals surface area contributed by atoms with Crippen molar-refractivity contribution in [1.82, 2.24) is 0 Å². The maximum absolute atomic E-state index is 14.7. The van der Waals surface area contributed by atoms with Gasteiger partial charge in [-0.1, -0.05) is 64.4 Å². The minimum Gasteiger partial charge on any atom is -0.497 e. The van der Waals surface area contributed by atoms with E-state index in [4.69, 9.17) is 4.74 Å². The van der Waals surface area contributed by atoms with E-state index in [0.717, 1.165) is 29.6 Å². The highest BCUT2D eigenvalue weighted by molar-refractivity contribution is 5.85. The first-order chi connectivity index (χ1) is 16.1. The minimum atomic E-state index is -0.740. The van der Waals surface area contributed by atoms with Crippen molar-refractivity contribution in [1.29, 1.82) is 0 Å². The molecule has 0 amide bonds. The van der Waals surface area contributed by atoms with Crippen LogP contribution in [0.3, 0.4) is 0 Å². The van der Waals surface area contributed by atoms with E-state index in [1.807, 2.05) is 18.2 Å². The molecule has 0 unspecified atom stereocenters. The van der Waals surface area contributed by atoms with Gasteiger partial charge in [-0.25, -0.2) is 8.78 Å². The molecule has 0 heterocycles. The third-order valence-corrected chi connectivity index (χ3v) is 8.79. The molecule has 2 aliphatic carbocycles. The molecular formula is C30H42F2O. The largest absolute Gasteiger partial charge is 0.497 e. The van der Waals surface area contributed by atoms with E-state index in [2.05, 4.69) is 6.92 Å². The van der Waals surface area contributed by atoms with E-state index in [0.29, 0.717) is 29.0 Å². The van der Waals surface area contributed by atoms with Crippen LogP contribution in [0.1, 0.15) is 96.0 Å². The standard InChI is InChI=1S/C30H42F2O/c1-3-4-5-6-21-7-12-23(13-8-21)24-14-9-22(10-15-24)11-16-26-19-25-17-18-27(33-2)20-28(25)30(32)29(26)31/h17-24H,3-16H2,1-2H3. The second kappa shape index (κ2) is 11.7. The number of hydrogen-bond donors (Lipinski definition) is 0. The predicted molar refractivity (Wildman–Crippen MR) is 134 cm³/mol. The lowest BCUT2D eigenvalue weighted by molar-refractivity contribution is 0.140. The number of halogens is 2. The molecule has 0 atom stereocenters. The topological polar surface area (TPSA) is 9.23 Å². The molecule has 0 saturated heterocycles. The number of rotatable bonds is 9. The summed E-state index contributed by atoms with van der Waals surface area (Å²) in [5, 5.41) is 1.05. The highest BCUT2D eigenvalue weighted by atomic mass is 19.2. The van der Waals surface area contributed by atoms with Gasteiger partial charge < -0.3 is 4.74 Å². The van der Waals surface area contributed by atoms with Gasteiger partial charge >= 0.3 is 0 Å². The number of methoxy groups -OCH3 is 1. The van der Waals surface area contributed by atoms with Crippen LogP contribution in [0, 0.1) is 35.3 Å². The number of fused-ring (bicyclic) bond motifs is 1. The van der Waals surface area contributed by atoms with Crippen LogP contribution in [-0.4, -0.2) is 7.11 Å². The first-order valence-electron chi connectivity index (χ1n) is 13.5. The van der Waals surface area contributed by atoms with Gasteiger partial charge in [0.05, 0.1) is 7.11 Å². The molecule has 2 aromatic carbocycles. The van der Waals surface area contributed by atoms with Crippen molar-refractivity contribution < 1.29 is 13.5 Å².